The molecule has 24 heavy (non-hydrogen) atoms. The van der Waals surface area contributed by atoms with Crippen LogP contribution in [0.4, 0.5) is 0 Å². The molecule has 0 spiro atoms. The third kappa shape index (κ3) is 8.42. The van der Waals surface area contributed by atoms with Crippen LogP contribution in [-0.2, 0) is 28.6 Å². The van der Waals surface area contributed by atoms with Crippen molar-refractivity contribution in [3.05, 3.63) is 29.8 Å². The van der Waals surface area contributed by atoms with E-state index in [9.17, 15) is 13.2 Å². The summed E-state index contributed by atoms with van der Waals surface area (Å²) in [4.78, 5) is 11.3. The summed E-state index contributed by atoms with van der Waals surface area (Å²) in [6.07, 6.45) is 2.47. The molecule has 0 saturated carbocycles. The second-order valence-corrected chi connectivity index (χ2v) is 6.94. The topological polar surface area (TPSA) is 78.9 Å². The summed E-state index contributed by atoms with van der Waals surface area (Å²) < 4.78 is 39.1. The van der Waals surface area contributed by atoms with Gasteiger partial charge >= 0.3 is 5.97 Å². The van der Waals surface area contributed by atoms with E-state index in [1.165, 1.54) is 6.07 Å². The van der Waals surface area contributed by atoms with E-state index in [2.05, 4.69) is 0 Å². The summed E-state index contributed by atoms with van der Waals surface area (Å²) in [5.74, 6) is -0.257. The van der Waals surface area contributed by atoms with E-state index in [0.717, 1.165) is 18.4 Å². The molecule has 0 saturated heterocycles. The van der Waals surface area contributed by atoms with E-state index in [1.54, 1.807) is 19.1 Å². The number of unbranched alkanes of at least 4 members (excludes halogenated alkanes) is 2. The summed E-state index contributed by atoms with van der Waals surface area (Å²) in [7, 11) is -3.68. The van der Waals surface area contributed by atoms with E-state index in [1.807, 2.05) is 13.0 Å². The average molecular weight is 358 g/mol. The zero-order valence-electron chi connectivity index (χ0n) is 14.3. The van der Waals surface area contributed by atoms with Crippen LogP contribution in [0.15, 0.2) is 29.2 Å². The molecule has 6 nitrogen and oxygen atoms in total. The second-order valence-electron chi connectivity index (χ2n) is 5.32. The van der Waals surface area contributed by atoms with Gasteiger partial charge in [-0.05, 0) is 50.8 Å². The van der Waals surface area contributed by atoms with Crippen molar-refractivity contribution >= 4 is 16.1 Å². The standard InChI is InChI=1S/C17H26O6S/c1-3-22-17(18)10-13-21-11-5-4-6-12-23-24(19,20)16-9-7-8-15(2)14-16/h7-9,14H,3-6,10-13H2,1-2H3. The summed E-state index contributed by atoms with van der Waals surface area (Å²) in [6, 6.07) is 6.65. The molecule has 7 heteroatoms. The quantitative estimate of drug-likeness (QED) is 0.325. The summed E-state index contributed by atoms with van der Waals surface area (Å²) in [6.45, 7) is 5.01. The first-order valence-electron chi connectivity index (χ1n) is 8.15. The largest absolute Gasteiger partial charge is 0.466 e. The van der Waals surface area contributed by atoms with Gasteiger partial charge in [0.2, 0.25) is 0 Å². The molecule has 0 aliphatic heterocycles. The fraction of sp³-hybridized carbons (Fsp3) is 0.588. The van der Waals surface area contributed by atoms with Crippen molar-refractivity contribution in [3.63, 3.8) is 0 Å². The predicted molar refractivity (Wildman–Crippen MR) is 90.2 cm³/mol. The van der Waals surface area contributed by atoms with Crippen molar-refractivity contribution < 1.29 is 26.9 Å². The maximum Gasteiger partial charge on any atom is 0.308 e. The number of carbonyl (C=O) groups excluding carboxylic acids is 1. The van der Waals surface area contributed by atoms with Crippen molar-refractivity contribution in [1.82, 2.24) is 0 Å². The molecule has 0 bridgehead atoms. The zero-order chi connectivity index (χ0) is 17.8. The maximum atomic E-state index is 12.0. The molecule has 0 aromatic heterocycles. The second kappa shape index (κ2) is 11.2. The smallest absolute Gasteiger partial charge is 0.308 e. The number of hydrogen-bond donors (Lipinski definition) is 0. The number of carbonyl (C=O) groups is 1. The van der Waals surface area contributed by atoms with Crippen LogP contribution < -0.4 is 0 Å². The number of esters is 1. The van der Waals surface area contributed by atoms with Gasteiger partial charge in [0.15, 0.2) is 0 Å². The minimum atomic E-state index is -3.68. The van der Waals surface area contributed by atoms with E-state index in [4.69, 9.17) is 13.7 Å². The summed E-state index contributed by atoms with van der Waals surface area (Å²) in [5.41, 5.74) is 0.875. The van der Waals surface area contributed by atoms with Gasteiger partial charge in [0.1, 0.15) is 0 Å². The van der Waals surface area contributed by atoms with Crippen molar-refractivity contribution in [1.29, 1.82) is 0 Å². The Morgan fingerprint density at radius 1 is 1.08 bits per heavy atom. The van der Waals surface area contributed by atoms with Crippen LogP contribution in [-0.4, -0.2) is 40.8 Å². The lowest BCUT2D eigenvalue weighted by Gasteiger charge is -2.07. The van der Waals surface area contributed by atoms with Gasteiger partial charge in [0.25, 0.3) is 10.1 Å². The maximum absolute atomic E-state index is 12.0. The van der Waals surface area contributed by atoms with Gasteiger partial charge in [0.05, 0.1) is 31.1 Å². The molecule has 0 aliphatic rings. The van der Waals surface area contributed by atoms with Gasteiger partial charge < -0.3 is 9.47 Å². The predicted octanol–water partition coefficient (Wildman–Crippen LogP) is 2.84. The van der Waals surface area contributed by atoms with Crippen LogP contribution in [0.1, 0.15) is 38.2 Å². The van der Waals surface area contributed by atoms with Crippen LogP contribution in [0.25, 0.3) is 0 Å². The fourth-order valence-electron chi connectivity index (χ4n) is 1.98. The van der Waals surface area contributed by atoms with Gasteiger partial charge in [-0.2, -0.15) is 8.42 Å². The molecule has 0 fully saturated rings. The molecule has 0 amide bonds. The highest BCUT2D eigenvalue weighted by molar-refractivity contribution is 7.86. The molecular weight excluding hydrogens is 332 g/mol. The molecule has 1 aromatic rings. The van der Waals surface area contributed by atoms with Crippen LogP contribution >= 0.6 is 0 Å². The molecular formula is C17H26O6S. The lowest BCUT2D eigenvalue weighted by atomic mass is 10.2. The first kappa shape index (κ1) is 20.6. The first-order valence-corrected chi connectivity index (χ1v) is 9.56. The Morgan fingerprint density at radius 2 is 1.83 bits per heavy atom. The average Bonchev–Trinajstić information content (AvgIpc) is 2.53. The molecule has 136 valence electrons. The number of hydrogen-bond acceptors (Lipinski definition) is 6. The zero-order valence-corrected chi connectivity index (χ0v) is 15.1. The number of ether oxygens (including phenoxy) is 2. The van der Waals surface area contributed by atoms with Crippen LogP contribution in [0.2, 0.25) is 0 Å². The normalized spacial score (nSPS) is 11.4. The molecule has 0 N–H and O–H groups in total. The molecule has 1 rings (SSSR count). The van der Waals surface area contributed by atoms with Gasteiger partial charge in [-0.25, -0.2) is 0 Å². The Balaban J connectivity index is 2.09. The summed E-state index contributed by atoms with van der Waals surface area (Å²) in [5, 5.41) is 0. The molecule has 0 heterocycles. The SMILES string of the molecule is CCOC(=O)CCOCCCCCOS(=O)(=O)c1cccc(C)c1. The number of benzene rings is 1. The van der Waals surface area contributed by atoms with Crippen molar-refractivity contribution in [2.45, 2.75) is 44.4 Å². The van der Waals surface area contributed by atoms with Crippen LogP contribution in [0.5, 0.6) is 0 Å². The third-order valence-corrected chi connectivity index (χ3v) is 4.51. The molecule has 0 aliphatic carbocycles. The van der Waals surface area contributed by atoms with E-state index < -0.39 is 10.1 Å². The Hall–Kier alpha value is -1.44. The monoisotopic (exact) mass is 358 g/mol. The molecule has 1 aromatic carbocycles. The fourth-order valence-corrected chi connectivity index (χ4v) is 3.03. The number of aryl methyl sites for hydroxylation is 1. The Labute approximate surface area is 144 Å². The minimum Gasteiger partial charge on any atom is -0.466 e. The van der Waals surface area contributed by atoms with Crippen molar-refractivity contribution in [2.24, 2.45) is 0 Å². The van der Waals surface area contributed by atoms with Crippen molar-refractivity contribution in [3.8, 4) is 0 Å². The van der Waals surface area contributed by atoms with E-state index in [0.29, 0.717) is 26.2 Å². The van der Waals surface area contributed by atoms with Gasteiger partial charge in [-0.15, -0.1) is 0 Å². The van der Waals surface area contributed by atoms with E-state index in [-0.39, 0.29) is 23.9 Å². The molecule has 0 unspecified atom stereocenters. The highest BCUT2D eigenvalue weighted by Crippen LogP contribution is 2.14. The lowest BCUT2D eigenvalue weighted by molar-refractivity contribution is -0.144. The van der Waals surface area contributed by atoms with Gasteiger partial charge in [-0.3, -0.25) is 8.98 Å². The Morgan fingerprint density at radius 3 is 2.54 bits per heavy atom. The van der Waals surface area contributed by atoms with E-state index >= 15 is 0 Å². The number of rotatable bonds is 12. The molecule has 0 atom stereocenters. The lowest BCUT2D eigenvalue weighted by Crippen LogP contribution is -2.09. The third-order valence-electron chi connectivity index (χ3n) is 3.21. The minimum absolute atomic E-state index is 0.152. The Kier molecular flexibility index (Phi) is 9.59. The highest BCUT2D eigenvalue weighted by Gasteiger charge is 2.14. The van der Waals surface area contributed by atoms with Crippen molar-refractivity contribution in [2.75, 3.05) is 26.4 Å². The van der Waals surface area contributed by atoms with Gasteiger partial charge in [0, 0.05) is 6.61 Å². The first-order chi connectivity index (χ1) is 11.5. The molecule has 0 radical (unpaired) electrons. The summed E-state index contributed by atoms with van der Waals surface area (Å²) >= 11 is 0. The van der Waals surface area contributed by atoms with Crippen LogP contribution in [0.3, 0.4) is 0 Å². The van der Waals surface area contributed by atoms with Crippen LogP contribution in [0, 0.1) is 6.92 Å². The highest BCUT2D eigenvalue weighted by atomic mass is 32.2. The Bertz CT molecular complexity index is 597. The van der Waals surface area contributed by atoms with Gasteiger partial charge in [-0.1, -0.05) is 12.1 Å².